The monoisotopic (exact) mass is 480 g/mol. The molecular weight excluding hydrogens is 447 g/mol. The number of carbonyl (C=O) groups excluding carboxylic acids is 2. The Kier molecular flexibility index (Phi) is 8.07. The summed E-state index contributed by atoms with van der Waals surface area (Å²) in [6.45, 7) is 6.27. The van der Waals surface area contributed by atoms with Gasteiger partial charge < -0.3 is 15.5 Å². The number of anilines is 2. The Labute approximate surface area is 205 Å². The van der Waals surface area contributed by atoms with Crippen molar-refractivity contribution in [2.45, 2.75) is 44.9 Å². The molecule has 2 aromatic rings. The number of allylic oxidation sites excluding steroid dienone is 1. The van der Waals surface area contributed by atoms with E-state index < -0.39 is 6.17 Å². The summed E-state index contributed by atoms with van der Waals surface area (Å²) in [5, 5.41) is 6.01. The summed E-state index contributed by atoms with van der Waals surface area (Å²) in [4.78, 5) is 37.0. The van der Waals surface area contributed by atoms with Crippen molar-refractivity contribution in [2.75, 3.05) is 43.4 Å². The minimum Gasteiger partial charge on any atom is -0.386 e. The first-order chi connectivity index (χ1) is 17.0. The number of halogens is 1. The van der Waals surface area contributed by atoms with Gasteiger partial charge in [-0.2, -0.15) is 0 Å². The topological polar surface area (TPSA) is 90.5 Å². The number of carbonyl (C=O) groups is 2. The number of nitrogens with one attached hydrogen (secondary N) is 2. The van der Waals surface area contributed by atoms with Gasteiger partial charge in [-0.1, -0.05) is 6.92 Å². The van der Waals surface area contributed by atoms with Crippen LogP contribution in [0.2, 0.25) is 0 Å². The second kappa shape index (κ2) is 11.4. The number of hydrogen-bond donors (Lipinski definition) is 2. The lowest BCUT2D eigenvalue weighted by Gasteiger charge is -2.36. The van der Waals surface area contributed by atoms with Crippen LogP contribution in [-0.4, -0.2) is 72.5 Å². The second-order valence-corrected chi connectivity index (χ2v) is 9.12. The molecule has 2 fully saturated rings. The van der Waals surface area contributed by atoms with E-state index in [2.05, 4.69) is 36.5 Å². The van der Waals surface area contributed by atoms with Crippen molar-refractivity contribution in [3.8, 4) is 0 Å². The van der Waals surface area contributed by atoms with Crippen LogP contribution in [0.3, 0.4) is 0 Å². The molecule has 1 aliphatic carbocycles. The highest BCUT2D eigenvalue weighted by Crippen LogP contribution is 2.24. The standard InChI is InChI=1S/C26H33FN6O2/c1-3-18(17-34)10-25-24(28-2)11-19(14-29-25)16-32-6-8-33(9-7-32)22-4-5-23(30-15-22)26(35)31-21-12-20(27)13-21/h4-5,10-11,14-15,17,20-21,28H,3,6-9,12-13,16H2,1-2H3,(H,31,35)/b18-10-. The summed E-state index contributed by atoms with van der Waals surface area (Å²) in [7, 11) is 1.86. The molecule has 0 atom stereocenters. The van der Waals surface area contributed by atoms with Crippen molar-refractivity contribution in [2.24, 2.45) is 0 Å². The van der Waals surface area contributed by atoms with Gasteiger partial charge in [-0.15, -0.1) is 0 Å². The highest BCUT2D eigenvalue weighted by Gasteiger charge is 2.30. The molecule has 1 saturated carbocycles. The number of pyridine rings is 2. The van der Waals surface area contributed by atoms with Crippen LogP contribution in [0.4, 0.5) is 15.8 Å². The van der Waals surface area contributed by atoms with E-state index in [0.29, 0.717) is 30.5 Å². The molecule has 35 heavy (non-hydrogen) atoms. The Hall–Kier alpha value is -3.33. The zero-order valence-electron chi connectivity index (χ0n) is 20.3. The molecule has 0 unspecified atom stereocenters. The number of rotatable bonds is 9. The van der Waals surface area contributed by atoms with Crippen molar-refractivity contribution in [1.82, 2.24) is 20.2 Å². The average Bonchev–Trinajstić information content (AvgIpc) is 2.87. The molecular formula is C26H33FN6O2. The van der Waals surface area contributed by atoms with E-state index in [0.717, 1.165) is 61.6 Å². The molecule has 186 valence electrons. The maximum absolute atomic E-state index is 13.0. The minimum absolute atomic E-state index is 0.0794. The van der Waals surface area contributed by atoms with Gasteiger partial charge >= 0.3 is 0 Å². The first-order valence-electron chi connectivity index (χ1n) is 12.2. The Balaban J connectivity index is 1.30. The number of hydrogen-bond acceptors (Lipinski definition) is 7. The minimum atomic E-state index is -0.796. The van der Waals surface area contributed by atoms with E-state index in [1.54, 1.807) is 12.3 Å². The summed E-state index contributed by atoms with van der Waals surface area (Å²) < 4.78 is 13.0. The predicted molar refractivity (Wildman–Crippen MR) is 135 cm³/mol. The van der Waals surface area contributed by atoms with E-state index in [9.17, 15) is 14.0 Å². The van der Waals surface area contributed by atoms with Gasteiger partial charge in [0, 0.05) is 52.0 Å². The number of alkyl halides is 1. The summed E-state index contributed by atoms with van der Waals surface area (Å²) in [5.74, 6) is -0.244. The van der Waals surface area contributed by atoms with Gasteiger partial charge in [-0.25, -0.2) is 9.37 Å². The first kappa shape index (κ1) is 24.8. The molecule has 2 aromatic heterocycles. The Morgan fingerprint density at radius 1 is 1.17 bits per heavy atom. The molecule has 1 amide bonds. The maximum atomic E-state index is 13.0. The highest BCUT2D eigenvalue weighted by molar-refractivity contribution is 5.92. The van der Waals surface area contributed by atoms with E-state index in [1.165, 1.54) is 0 Å². The third kappa shape index (κ3) is 6.22. The lowest BCUT2D eigenvalue weighted by Crippen LogP contribution is -2.46. The van der Waals surface area contributed by atoms with Gasteiger partial charge in [-0.3, -0.25) is 19.5 Å². The van der Waals surface area contributed by atoms with Gasteiger partial charge in [0.2, 0.25) is 0 Å². The van der Waals surface area contributed by atoms with Crippen LogP contribution in [0, 0.1) is 0 Å². The van der Waals surface area contributed by atoms with E-state index in [-0.39, 0.29) is 11.9 Å². The van der Waals surface area contributed by atoms with Gasteiger partial charge in [0.25, 0.3) is 5.91 Å². The third-order valence-electron chi connectivity index (χ3n) is 6.67. The quantitative estimate of drug-likeness (QED) is 0.421. The van der Waals surface area contributed by atoms with Crippen molar-refractivity contribution >= 4 is 29.6 Å². The van der Waals surface area contributed by atoms with Crippen LogP contribution in [0.1, 0.15) is 47.9 Å². The maximum Gasteiger partial charge on any atom is 0.270 e. The molecule has 2 N–H and O–H groups in total. The van der Waals surface area contributed by atoms with E-state index >= 15 is 0 Å². The molecule has 2 aliphatic rings. The number of piperazine rings is 1. The number of nitrogens with zero attached hydrogens (tertiary/aromatic N) is 4. The number of aromatic nitrogens is 2. The number of amides is 1. The molecule has 0 bridgehead atoms. The number of aldehydes is 1. The summed E-state index contributed by atoms with van der Waals surface area (Å²) in [5.41, 5.74) is 4.87. The fourth-order valence-electron chi connectivity index (χ4n) is 4.37. The third-order valence-corrected chi connectivity index (χ3v) is 6.67. The smallest absolute Gasteiger partial charge is 0.270 e. The van der Waals surface area contributed by atoms with Crippen LogP contribution >= 0.6 is 0 Å². The fourth-order valence-corrected chi connectivity index (χ4v) is 4.37. The molecule has 8 nitrogen and oxygen atoms in total. The van der Waals surface area contributed by atoms with Crippen molar-refractivity contribution in [1.29, 1.82) is 0 Å². The van der Waals surface area contributed by atoms with Crippen LogP contribution < -0.4 is 15.5 Å². The van der Waals surface area contributed by atoms with Gasteiger partial charge in [0.15, 0.2) is 0 Å². The van der Waals surface area contributed by atoms with Gasteiger partial charge in [0.05, 0.1) is 23.3 Å². The molecule has 1 saturated heterocycles. The van der Waals surface area contributed by atoms with Crippen molar-refractivity contribution in [3.63, 3.8) is 0 Å². The molecule has 3 heterocycles. The lowest BCUT2D eigenvalue weighted by molar-refractivity contribution is -0.104. The molecule has 1 aliphatic heterocycles. The van der Waals surface area contributed by atoms with Crippen molar-refractivity contribution < 1.29 is 14.0 Å². The van der Waals surface area contributed by atoms with Crippen LogP contribution in [0.25, 0.3) is 6.08 Å². The molecule has 4 rings (SSSR count). The summed E-state index contributed by atoms with van der Waals surface area (Å²) in [6.07, 6.45) is 6.98. The Bertz CT molecular complexity index is 1060. The zero-order chi connectivity index (χ0) is 24.8. The van der Waals surface area contributed by atoms with Crippen LogP contribution in [0.5, 0.6) is 0 Å². The van der Waals surface area contributed by atoms with Crippen LogP contribution in [-0.2, 0) is 11.3 Å². The molecule has 0 aromatic carbocycles. The first-order valence-corrected chi connectivity index (χ1v) is 12.2. The summed E-state index contributed by atoms with van der Waals surface area (Å²) in [6, 6.07) is 5.67. The molecule has 9 heteroatoms. The SMILES string of the molecule is CC/C(C=O)=C/c1ncc(CN2CCN(c3ccc(C(=O)NC4CC(F)C4)nc3)CC2)cc1NC. The lowest BCUT2D eigenvalue weighted by atomic mass is 9.91. The van der Waals surface area contributed by atoms with Crippen LogP contribution in [0.15, 0.2) is 36.2 Å². The normalized spacial score (nSPS) is 20.8. The zero-order valence-corrected chi connectivity index (χ0v) is 20.3. The average molecular weight is 481 g/mol. The largest absolute Gasteiger partial charge is 0.386 e. The van der Waals surface area contributed by atoms with Gasteiger partial charge in [-0.05, 0) is 54.7 Å². The highest BCUT2D eigenvalue weighted by atomic mass is 19.1. The predicted octanol–water partition coefficient (Wildman–Crippen LogP) is 3.06. The fraction of sp³-hybridized carbons (Fsp3) is 0.462. The van der Waals surface area contributed by atoms with Gasteiger partial charge in [0.1, 0.15) is 18.2 Å². The van der Waals surface area contributed by atoms with E-state index in [1.807, 2.05) is 32.3 Å². The molecule has 0 spiro atoms. The van der Waals surface area contributed by atoms with Crippen molar-refractivity contribution in [3.05, 3.63) is 53.1 Å². The Morgan fingerprint density at radius 2 is 1.94 bits per heavy atom. The van der Waals surface area contributed by atoms with E-state index in [4.69, 9.17) is 0 Å². The molecule has 0 radical (unpaired) electrons. The Morgan fingerprint density at radius 3 is 2.54 bits per heavy atom. The summed E-state index contributed by atoms with van der Waals surface area (Å²) >= 11 is 0. The second-order valence-electron chi connectivity index (χ2n) is 9.12.